The van der Waals surface area contributed by atoms with Crippen LogP contribution in [0.5, 0.6) is 0 Å². The molecule has 5 heteroatoms. The van der Waals surface area contributed by atoms with Gasteiger partial charge in [-0.25, -0.2) is 9.18 Å². The molecule has 0 bridgehead atoms. The number of fused-ring (bicyclic) bond motifs is 2. The second-order valence-electron chi connectivity index (χ2n) is 6.05. The van der Waals surface area contributed by atoms with Crippen molar-refractivity contribution in [2.75, 3.05) is 6.61 Å². The number of carbonyl (C=O) groups excluding carboxylic acids is 1. The van der Waals surface area contributed by atoms with Crippen molar-refractivity contribution in [3.8, 4) is 0 Å². The lowest BCUT2D eigenvalue weighted by molar-refractivity contribution is 0.0523. The number of ether oxygens (including phenoxy) is 1. The zero-order valence-corrected chi connectivity index (χ0v) is 14.3. The van der Waals surface area contributed by atoms with E-state index in [-0.39, 0.29) is 12.2 Å². The number of hydrogen-bond donors (Lipinski definition) is 0. The van der Waals surface area contributed by atoms with Crippen molar-refractivity contribution >= 4 is 27.6 Å². The number of hydrogen-bond acceptors (Lipinski definition) is 3. The average molecular weight is 348 g/mol. The van der Waals surface area contributed by atoms with E-state index in [9.17, 15) is 9.18 Å². The summed E-state index contributed by atoms with van der Waals surface area (Å²) in [6.07, 6.45) is 3.66. The van der Waals surface area contributed by atoms with E-state index in [4.69, 9.17) is 4.74 Å². The SMILES string of the molecule is CCOC(=O)c1c(F)ccc2ccn(Cc3cc4ccccc4cn3)c12. The van der Waals surface area contributed by atoms with Gasteiger partial charge in [-0.05, 0) is 36.6 Å². The standard InChI is InChI=1S/C21H17FN2O2/c1-2-26-21(25)19-18(22)8-7-14-9-10-24(20(14)19)13-17-11-15-5-3-4-6-16(15)12-23-17/h3-12H,2,13H2,1H3. The molecule has 0 atom stereocenters. The van der Waals surface area contributed by atoms with Crippen LogP contribution in [0.2, 0.25) is 0 Å². The van der Waals surface area contributed by atoms with Gasteiger partial charge in [0, 0.05) is 23.2 Å². The Morgan fingerprint density at radius 3 is 2.73 bits per heavy atom. The Balaban J connectivity index is 1.80. The Kier molecular flexibility index (Phi) is 4.13. The molecule has 0 N–H and O–H groups in total. The number of halogens is 1. The quantitative estimate of drug-likeness (QED) is 0.508. The van der Waals surface area contributed by atoms with Crippen molar-refractivity contribution in [2.24, 2.45) is 0 Å². The van der Waals surface area contributed by atoms with Crippen LogP contribution in [-0.2, 0) is 11.3 Å². The zero-order valence-electron chi connectivity index (χ0n) is 14.3. The second kappa shape index (κ2) is 6.59. The van der Waals surface area contributed by atoms with Crippen molar-refractivity contribution < 1.29 is 13.9 Å². The molecule has 0 spiro atoms. The summed E-state index contributed by atoms with van der Waals surface area (Å²) in [5.41, 5.74) is 1.33. The third-order valence-electron chi connectivity index (χ3n) is 4.38. The maximum absolute atomic E-state index is 14.4. The van der Waals surface area contributed by atoms with Gasteiger partial charge in [0.2, 0.25) is 0 Å². The first-order chi connectivity index (χ1) is 12.7. The lowest BCUT2D eigenvalue weighted by atomic mass is 10.1. The molecule has 2 aromatic heterocycles. The predicted molar refractivity (Wildman–Crippen MR) is 98.7 cm³/mol. The topological polar surface area (TPSA) is 44.1 Å². The van der Waals surface area contributed by atoms with Gasteiger partial charge in [-0.2, -0.15) is 0 Å². The third kappa shape index (κ3) is 2.81. The van der Waals surface area contributed by atoms with Gasteiger partial charge in [-0.1, -0.05) is 24.3 Å². The molecule has 4 aromatic rings. The van der Waals surface area contributed by atoms with Gasteiger partial charge in [-0.3, -0.25) is 4.98 Å². The molecule has 130 valence electrons. The van der Waals surface area contributed by atoms with Crippen LogP contribution in [0.3, 0.4) is 0 Å². The van der Waals surface area contributed by atoms with Crippen molar-refractivity contribution in [2.45, 2.75) is 13.5 Å². The number of esters is 1. The predicted octanol–water partition coefficient (Wildman–Crippen LogP) is 4.55. The summed E-state index contributed by atoms with van der Waals surface area (Å²) in [5, 5.41) is 2.94. The first-order valence-electron chi connectivity index (χ1n) is 8.45. The minimum Gasteiger partial charge on any atom is -0.462 e. The van der Waals surface area contributed by atoms with Crippen LogP contribution in [0, 0.1) is 5.82 Å². The minimum absolute atomic E-state index is 0.0323. The fourth-order valence-corrected chi connectivity index (χ4v) is 3.19. The van der Waals surface area contributed by atoms with E-state index in [1.165, 1.54) is 6.07 Å². The maximum Gasteiger partial charge on any atom is 0.343 e. The second-order valence-corrected chi connectivity index (χ2v) is 6.05. The third-order valence-corrected chi connectivity index (χ3v) is 4.38. The molecule has 0 amide bonds. The Labute approximate surface area is 149 Å². The van der Waals surface area contributed by atoms with Crippen LogP contribution in [0.15, 0.2) is 60.9 Å². The van der Waals surface area contributed by atoms with Crippen molar-refractivity contribution in [1.29, 1.82) is 0 Å². The smallest absolute Gasteiger partial charge is 0.343 e. The number of benzene rings is 2. The van der Waals surface area contributed by atoms with E-state index in [2.05, 4.69) is 4.98 Å². The highest BCUT2D eigenvalue weighted by atomic mass is 19.1. The molecule has 0 unspecified atom stereocenters. The number of nitrogens with zero attached hydrogens (tertiary/aromatic N) is 2. The number of aromatic nitrogens is 2. The molecule has 0 saturated heterocycles. The van der Waals surface area contributed by atoms with E-state index in [1.54, 1.807) is 13.0 Å². The van der Waals surface area contributed by atoms with Gasteiger partial charge in [-0.15, -0.1) is 0 Å². The van der Waals surface area contributed by atoms with Crippen LogP contribution in [0.1, 0.15) is 23.0 Å². The Bertz CT molecular complexity index is 1120. The monoisotopic (exact) mass is 348 g/mol. The van der Waals surface area contributed by atoms with Crippen molar-refractivity contribution in [3.63, 3.8) is 0 Å². The highest BCUT2D eigenvalue weighted by molar-refractivity contribution is 6.03. The molecule has 0 aliphatic rings. The summed E-state index contributed by atoms with van der Waals surface area (Å²) in [6.45, 7) is 2.33. The van der Waals surface area contributed by atoms with Crippen molar-refractivity contribution in [1.82, 2.24) is 9.55 Å². The molecule has 26 heavy (non-hydrogen) atoms. The molecule has 0 saturated carbocycles. The first-order valence-corrected chi connectivity index (χ1v) is 8.45. The average Bonchev–Trinajstić information content (AvgIpc) is 3.04. The molecular formula is C21H17FN2O2. The summed E-state index contributed by atoms with van der Waals surface area (Å²) in [4.78, 5) is 16.8. The lowest BCUT2D eigenvalue weighted by Crippen LogP contribution is -2.11. The number of rotatable bonds is 4. The Morgan fingerprint density at radius 2 is 1.92 bits per heavy atom. The fraction of sp³-hybridized carbons (Fsp3) is 0.143. The van der Waals surface area contributed by atoms with Crippen LogP contribution in [0.25, 0.3) is 21.7 Å². The van der Waals surface area contributed by atoms with Gasteiger partial charge >= 0.3 is 5.97 Å². The van der Waals surface area contributed by atoms with E-state index in [1.807, 2.05) is 53.4 Å². The maximum atomic E-state index is 14.4. The van der Waals surface area contributed by atoms with E-state index in [0.29, 0.717) is 12.1 Å². The summed E-state index contributed by atoms with van der Waals surface area (Å²) < 4.78 is 21.2. The molecule has 0 radical (unpaired) electrons. The van der Waals surface area contributed by atoms with Gasteiger partial charge in [0.05, 0.1) is 24.4 Å². The van der Waals surface area contributed by atoms with Gasteiger partial charge in [0.1, 0.15) is 11.4 Å². The van der Waals surface area contributed by atoms with Gasteiger partial charge < -0.3 is 9.30 Å². The molecule has 2 aromatic carbocycles. The highest BCUT2D eigenvalue weighted by Gasteiger charge is 2.20. The summed E-state index contributed by atoms with van der Waals surface area (Å²) in [6, 6.07) is 14.8. The number of carbonyl (C=O) groups is 1. The summed E-state index contributed by atoms with van der Waals surface area (Å²) in [5.74, 6) is -1.23. The molecule has 2 heterocycles. The van der Waals surface area contributed by atoms with E-state index >= 15 is 0 Å². The molecule has 4 nitrogen and oxygen atoms in total. The zero-order chi connectivity index (χ0) is 18.1. The van der Waals surface area contributed by atoms with E-state index < -0.39 is 11.8 Å². The summed E-state index contributed by atoms with van der Waals surface area (Å²) >= 11 is 0. The van der Waals surface area contributed by atoms with E-state index in [0.717, 1.165) is 21.9 Å². The molecule has 0 fully saturated rings. The van der Waals surface area contributed by atoms with Crippen LogP contribution in [0.4, 0.5) is 4.39 Å². The lowest BCUT2D eigenvalue weighted by Gasteiger charge is -2.10. The molecule has 0 aliphatic heterocycles. The Morgan fingerprint density at radius 1 is 1.12 bits per heavy atom. The largest absolute Gasteiger partial charge is 0.462 e. The number of pyridine rings is 1. The Hall–Kier alpha value is -3.21. The van der Waals surface area contributed by atoms with Crippen LogP contribution >= 0.6 is 0 Å². The van der Waals surface area contributed by atoms with Gasteiger partial charge in [0.25, 0.3) is 0 Å². The summed E-state index contributed by atoms with van der Waals surface area (Å²) in [7, 11) is 0. The van der Waals surface area contributed by atoms with Crippen molar-refractivity contribution in [3.05, 3.63) is 78.0 Å². The minimum atomic E-state index is -0.651. The molecule has 0 aliphatic carbocycles. The fourth-order valence-electron chi connectivity index (χ4n) is 3.19. The normalized spacial score (nSPS) is 11.2. The highest BCUT2D eigenvalue weighted by Crippen LogP contribution is 2.25. The van der Waals surface area contributed by atoms with Crippen LogP contribution < -0.4 is 0 Å². The van der Waals surface area contributed by atoms with Crippen LogP contribution in [-0.4, -0.2) is 22.1 Å². The van der Waals surface area contributed by atoms with Gasteiger partial charge in [0.15, 0.2) is 0 Å². The molecule has 4 rings (SSSR count). The molecular weight excluding hydrogens is 331 g/mol. The first kappa shape index (κ1) is 16.3.